The molecule has 2 aromatic carbocycles. The van der Waals surface area contributed by atoms with Crippen molar-refractivity contribution in [2.45, 2.75) is 20.4 Å². The molecule has 0 spiro atoms. The van der Waals surface area contributed by atoms with Gasteiger partial charge in [-0.15, -0.1) is 15.0 Å². The van der Waals surface area contributed by atoms with Crippen LogP contribution in [-0.4, -0.2) is 21.5 Å². The van der Waals surface area contributed by atoms with Gasteiger partial charge in [-0.25, -0.2) is 0 Å². The van der Waals surface area contributed by atoms with E-state index in [9.17, 15) is 5.26 Å². The first kappa shape index (κ1) is 15.8. The largest absolute Gasteiger partial charge is 0.349 e. The highest BCUT2D eigenvalue weighted by Gasteiger charge is 2.17. The Balaban J connectivity index is 1.94. The summed E-state index contributed by atoms with van der Waals surface area (Å²) in [6.45, 7) is 5.52. The minimum absolute atomic E-state index is 0.341. The summed E-state index contributed by atoms with van der Waals surface area (Å²) in [5, 5.41) is 18.3. The van der Waals surface area contributed by atoms with E-state index in [1.165, 1.54) is 15.9 Å². The molecule has 5 heteroatoms. The fraction of sp³-hybridized carbons (Fsp3) is 0.211. The molecule has 0 aliphatic carbocycles. The number of hydrogen-bond acceptors (Lipinski definition) is 4. The summed E-state index contributed by atoms with van der Waals surface area (Å²) in [6, 6.07) is 20.2. The van der Waals surface area contributed by atoms with Crippen LogP contribution < -0.4 is 4.90 Å². The standard InChI is InChI=1S/C19H19N5/c1-3-23(14-16-7-5-4-6-8-16)19-18(13-20)21-24(22-19)17-11-9-15(2)10-12-17/h4-12H,3,14H2,1-2H3. The number of anilines is 1. The zero-order valence-electron chi connectivity index (χ0n) is 13.8. The molecular weight excluding hydrogens is 298 g/mol. The molecule has 0 saturated heterocycles. The van der Waals surface area contributed by atoms with Gasteiger partial charge in [-0.1, -0.05) is 48.0 Å². The average molecular weight is 317 g/mol. The molecule has 0 aliphatic heterocycles. The number of hydrogen-bond donors (Lipinski definition) is 0. The Morgan fingerprint density at radius 3 is 2.38 bits per heavy atom. The molecule has 0 aliphatic rings. The molecule has 0 saturated carbocycles. The van der Waals surface area contributed by atoms with Gasteiger partial charge in [-0.3, -0.25) is 0 Å². The van der Waals surface area contributed by atoms with Crippen LogP contribution in [0.1, 0.15) is 23.7 Å². The molecule has 120 valence electrons. The molecular formula is C19H19N5. The molecule has 0 bridgehead atoms. The van der Waals surface area contributed by atoms with Crippen molar-refractivity contribution < 1.29 is 0 Å². The van der Waals surface area contributed by atoms with Gasteiger partial charge in [0.25, 0.3) is 0 Å². The molecule has 0 atom stereocenters. The number of nitriles is 1. The Kier molecular flexibility index (Phi) is 4.57. The van der Waals surface area contributed by atoms with Crippen LogP contribution in [0.15, 0.2) is 54.6 Å². The lowest BCUT2D eigenvalue weighted by Gasteiger charge is -2.20. The summed E-state index contributed by atoms with van der Waals surface area (Å²) >= 11 is 0. The fourth-order valence-corrected chi connectivity index (χ4v) is 2.52. The lowest BCUT2D eigenvalue weighted by atomic mass is 10.2. The van der Waals surface area contributed by atoms with Crippen LogP contribution in [0, 0.1) is 18.3 Å². The summed E-state index contributed by atoms with van der Waals surface area (Å²) in [5.74, 6) is 0.615. The number of rotatable bonds is 5. The Bertz CT molecular complexity index is 844. The minimum atomic E-state index is 0.341. The van der Waals surface area contributed by atoms with Crippen LogP contribution in [0.4, 0.5) is 5.82 Å². The molecule has 1 aromatic heterocycles. The second kappa shape index (κ2) is 6.97. The Hall–Kier alpha value is -3.13. The molecule has 0 amide bonds. The summed E-state index contributed by atoms with van der Waals surface area (Å²) in [5.41, 5.74) is 3.53. The average Bonchev–Trinajstić information content (AvgIpc) is 3.05. The first-order valence-electron chi connectivity index (χ1n) is 7.94. The maximum absolute atomic E-state index is 9.44. The summed E-state index contributed by atoms with van der Waals surface area (Å²) in [7, 11) is 0. The van der Waals surface area contributed by atoms with E-state index in [4.69, 9.17) is 0 Å². The highest BCUT2D eigenvalue weighted by molar-refractivity contribution is 5.50. The summed E-state index contributed by atoms with van der Waals surface area (Å²) in [4.78, 5) is 3.59. The molecule has 0 radical (unpaired) electrons. The minimum Gasteiger partial charge on any atom is -0.349 e. The molecule has 3 aromatic rings. The normalized spacial score (nSPS) is 10.4. The van der Waals surface area contributed by atoms with E-state index in [0.717, 1.165) is 12.2 Å². The van der Waals surface area contributed by atoms with E-state index < -0.39 is 0 Å². The third kappa shape index (κ3) is 3.28. The molecule has 0 fully saturated rings. The van der Waals surface area contributed by atoms with Crippen molar-refractivity contribution in [1.82, 2.24) is 15.0 Å². The first-order chi connectivity index (χ1) is 11.7. The van der Waals surface area contributed by atoms with Crippen LogP contribution >= 0.6 is 0 Å². The van der Waals surface area contributed by atoms with E-state index in [1.807, 2.05) is 49.4 Å². The Morgan fingerprint density at radius 1 is 1.04 bits per heavy atom. The van der Waals surface area contributed by atoms with Crippen molar-refractivity contribution in [3.05, 3.63) is 71.4 Å². The van der Waals surface area contributed by atoms with Gasteiger partial charge in [0.1, 0.15) is 6.07 Å². The van der Waals surface area contributed by atoms with Crippen molar-refractivity contribution in [2.75, 3.05) is 11.4 Å². The molecule has 1 heterocycles. The fourth-order valence-electron chi connectivity index (χ4n) is 2.52. The topological polar surface area (TPSA) is 57.7 Å². The van der Waals surface area contributed by atoms with Crippen LogP contribution in [-0.2, 0) is 6.54 Å². The van der Waals surface area contributed by atoms with Gasteiger partial charge in [-0.05, 0) is 31.5 Å². The van der Waals surface area contributed by atoms with Crippen LogP contribution in [0.5, 0.6) is 0 Å². The summed E-state index contributed by atoms with van der Waals surface area (Å²) < 4.78 is 0. The van der Waals surface area contributed by atoms with E-state index in [0.29, 0.717) is 18.1 Å². The van der Waals surface area contributed by atoms with Crippen LogP contribution in [0.3, 0.4) is 0 Å². The highest BCUT2D eigenvalue weighted by atomic mass is 15.5. The van der Waals surface area contributed by atoms with Crippen molar-refractivity contribution >= 4 is 5.82 Å². The van der Waals surface area contributed by atoms with Crippen LogP contribution in [0.2, 0.25) is 0 Å². The molecule has 5 nitrogen and oxygen atoms in total. The first-order valence-corrected chi connectivity index (χ1v) is 7.94. The number of nitrogens with zero attached hydrogens (tertiary/aromatic N) is 5. The van der Waals surface area contributed by atoms with E-state index in [1.54, 1.807) is 0 Å². The van der Waals surface area contributed by atoms with Gasteiger partial charge >= 0.3 is 0 Å². The van der Waals surface area contributed by atoms with Crippen molar-refractivity contribution in [1.29, 1.82) is 5.26 Å². The highest BCUT2D eigenvalue weighted by Crippen LogP contribution is 2.20. The predicted octanol–water partition coefficient (Wildman–Crippen LogP) is 3.47. The quantitative estimate of drug-likeness (QED) is 0.723. The van der Waals surface area contributed by atoms with Crippen molar-refractivity contribution in [2.24, 2.45) is 0 Å². The lowest BCUT2D eigenvalue weighted by molar-refractivity contribution is 0.733. The second-order valence-electron chi connectivity index (χ2n) is 5.61. The van der Waals surface area contributed by atoms with Gasteiger partial charge in [-0.2, -0.15) is 5.26 Å². The van der Waals surface area contributed by atoms with Gasteiger partial charge in [0.2, 0.25) is 5.69 Å². The maximum atomic E-state index is 9.44. The molecule has 0 unspecified atom stereocenters. The molecule has 3 rings (SSSR count). The summed E-state index contributed by atoms with van der Waals surface area (Å²) in [6.07, 6.45) is 0. The van der Waals surface area contributed by atoms with E-state index in [2.05, 4.69) is 40.2 Å². The number of aromatic nitrogens is 3. The van der Waals surface area contributed by atoms with Gasteiger partial charge in [0.15, 0.2) is 5.82 Å². The zero-order chi connectivity index (χ0) is 16.9. The lowest BCUT2D eigenvalue weighted by Crippen LogP contribution is -2.23. The Labute approximate surface area is 141 Å². The van der Waals surface area contributed by atoms with Crippen LogP contribution in [0.25, 0.3) is 5.69 Å². The number of benzene rings is 2. The second-order valence-corrected chi connectivity index (χ2v) is 5.61. The number of aryl methyl sites for hydroxylation is 1. The van der Waals surface area contributed by atoms with E-state index >= 15 is 0 Å². The smallest absolute Gasteiger partial charge is 0.207 e. The van der Waals surface area contributed by atoms with Gasteiger partial charge in [0.05, 0.1) is 5.69 Å². The zero-order valence-corrected chi connectivity index (χ0v) is 13.8. The Morgan fingerprint density at radius 2 is 1.75 bits per heavy atom. The maximum Gasteiger partial charge on any atom is 0.207 e. The van der Waals surface area contributed by atoms with Gasteiger partial charge < -0.3 is 4.90 Å². The van der Waals surface area contributed by atoms with E-state index in [-0.39, 0.29) is 0 Å². The van der Waals surface area contributed by atoms with Gasteiger partial charge in [0, 0.05) is 13.1 Å². The monoisotopic (exact) mass is 317 g/mol. The van der Waals surface area contributed by atoms with Crippen molar-refractivity contribution in [3.8, 4) is 11.8 Å². The third-order valence-electron chi connectivity index (χ3n) is 3.86. The van der Waals surface area contributed by atoms with Crippen molar-refractivity contribution in [3.63, 3.8) is 0 Å². The molecule has 0 N–H and O–H groups in total. The predicted molar refractivity (Wildman–Crippen MR) is 94.0 cm³/mol. The molecule has 24 heavy (non-hydrogen) atoms. The SMILES string of the molecule is CCN(Cc1ccccc1)c1nn(-c2ccc(C)cc2)nc1C#N. The third-order valence-corrected chi connectivity index (χ3v) is 3.86.